The molecule has 0 saturated carbocycles. The summed E-state index contributed by atoms with van der Waals surface area (Å²) in [5.41, 5.74) is 2.67. The molecule has 0 bridgehead atoms. The van der Waals surface area contributed by atoms with Gasteiger partial charge in [-0.15, -0.1) is 0 Å². The van der Waals surface area contributed by atoms with Crippen LogP contribution in [0.15, 0.2) is 36.4 Å². The maximum Gasteiger partial charge on any atom is 0.180 e. The van der Waals surface area contributed by atoms with E-state index in [1.165, 1.54) is 7.11 Å². The number of ether oxygens (including phenoxy) is 2. The normalized spacial score (nSPS) is 9.90. The van der Waals surface area contributed by atoms with Crippen LogP contribution in [-0.2, 0) is 6.61 Å². The van der Waals surface area contributed by atoms with Crippen molar-refractivity contribution < 1.29 is 9.47 Å². The molecule has 0 fully saturated rings. The fourth-order valence-corrected chi connectivity index (χ4v) is 2.11. The van der Waals surface area contributed by atoms with Gasteiger partial charge in [0.15, 0.2) is 11.5 Å². The van der Waals surface area contributed by atoms with Gasteiger partial charge >= 0.3 is 0 Å². The minimum Gasteiger partial charge on any atom is -0.493 e. The number of nitrogens with zero attached hydrogens (tertiary/aromatic N) is 1. The van der Waals surface area contributed by atoms with E-state index in [9.17, 15) is 0 Å². The van der Waals surface area contributed by atoms with E-state index in [0.29, 0.717) is 28.7 Å². The molecular formula is C16H14ClNO2. The zero-order valence-electron chi connectivity index (χ0n) is 11.3. The molecule has 3 nitrogen and oxygen atoms in total. The van der Waals surface area contributed by atoms with Gasteiger partial charge in [-0.3, -0.25) is 0 Å². The largest absolute Gasteiger partial charge is 0.493 e. The van der Waals surface area contributed by atoms with Crippen molar-refractivity contribution in [3.05, 3.63) is 58.1 Å². The van der Waals surface area contributed by atoms with Crippen LogP contribution in [0.1, 0.15) is 16.7 Å². The molecule has 0 aliphatic rings. The van der Waals surface area contributed by atoms with E-state index in [0.717, 1.165) is 11.1 Å². The Morgan fingerprint density at radius 1 is 1.25 bits per heavy atom. The zero-order valence-corrected chi connectivity index (χ0v) is 12.1. The first kappa shape index (κ1) is 14.2. The summed E-state index contributed by atoms with van der Waals surface area (Å²) < 4.78 is 11.0. The number of aryl methyl sites for hydroxylation is 1. The van der Waals surface area contributed by atoms with Gasteiger partial charge in [0.05, 0.1) is 23.8 Å². The van der Waals surface area contributed by atoms with Crippen LogP contribution in [-0.4, -0.2) is 7.11 Å². The summed E-state index contributed by atoms with van der Waals surface area (Å²) in [5.74, 6) is 0.916. The van der Waals surface area contributed by atoms with Crippen LogP contribution < -0.4 is 9.47 Å². The molecule has 0 aliphatic carbocycles. The molecule has 0 amide bonds. The van der Waals surface area contributed by atoms with Crippen molar-refractivity contribution >= 4 is 11.6 Å². The predicted molar refractivity (Wildman–Crippen MR) is 78.2 cm³/mol. The van der Waals surface area contributed by atoms with Gasteiger partial charge in [-0.25, -0.2) is 0 Å². The minimum absolute atomic E-state index is 0.370. The van der Waals surface area contributed by atoms with Crippen LogP contribution in [0.4, 0.5) is 0 Å². The van der Waals surface area contributed by atoms with E-state index in [2.05, 4.69) is 0 Å². The number of methoxy groups -OCH3 is 1. The van der Waals surface area contributed by atoms with E-state index in [4.69, 9.17) is 26.3 Å². The van der Waals surface area contributed by atoms with Gasteiger partial charge in [-0.1, -0.05) is 35.9 Å². The molecular weight excluding hydrogens is 274 g/mol. The molecule has 4 heteroatoms. The number of hydrogen-bond acceptors (Lipinski definition) is 3. The minimum atomic E-state index is 0.370. The van der Waals surface area contributed by atoms with Gasteiger partial charge in [0.2, 0.25) is 0 Å². The average Bonchev–Trinajstić information content (AvgIpc) is 2.46. The lowest BCUT2D eigenvalue weighted by Gasteiger charge is -2.13. The Bertz CT molecular complexity index is 662. The van der Waals surface area contributed by atoms with E-state index in [1.54, 1.807) is 12.1 Å². The van der Waals surface area contributed by atoms with E-state index in [-0.39, 0.29) is 0 Å². The first-order valence-electron chi connectivity index (χ1n) is 6.10. The van der Waals surface area contributed by atoms with Crippen molar-refractivity contribution in [3.63, 3.8) is 0 Å². The Hall–Kier alpha value is -2.18. The summed E-state index contributed by atoms with van der Waals surface area (Å²) >= 11 is 6.14. The van der Waals surface area contributed by atoms with E-state index >= 15 is 0 Å². The highest BCUT2D eigenvalue weighted by atomic mass is 35.5. The second-order valence-electron chi connectivity index (χ2n) is 4.32. The van der Waals surface area contributed by atoms with Gasteiger partial charge in [-0.2, -0.15) is 5.26 Å². The molecule has 0 N–H and O–H groups in total. The fourth-order valence-electron chi connectivity index (χ4n) is 1.85. The lowest BCUT2D eigenvalue weighted by atomic mass is 10.1. The monoisotopic (exact) mass is 287 g/mol. The van der Waals surface area contributed by atoms with Crippen molar-refractivity contribution in [2.75, 3.05) is 7.11 Å². The lowest BCUT2D eigenvalue weighted by Crippen LogP contribution is -2.00. The Morgan fingerprint density at radius 2 is 2.00 bits per heavy atom. The Labute approximate surface area is 123 Å². The van der Waals surface area contributed by atoms with Crippen LogP contribution in [0.5, 0.6) is 11.5 Å². The Morgan fingerprint density at radius 3 is 2.65 bits per heavy atom. The van der Waals surface area contributed by atoms with Crippen molar-refractivity contribution in [2.24, 2.45) is 0 Å². The summed E-state index contributed by atoms with van der Waals surface area (Å²) in [6.07, 6.45) is 0. The van der Waals surface area contributed by atoms with Gasteiger partial charge in [-0.05, 0) is 24.1 Å². The third kappa shape index (κ3) is 3.04. The van der Waals surface area contributed by atoms with Gasteiger partial charge in [0.25, 0.3) is 0 Å². The first-order valence-corrected chi connectivity index (χ1v) is 6.48. The molecule has 102 valence electrons. The molecule has 0 saturated heterocycles. The average molecular weight is 288 g/mol. The summed E-state index contributed by atoms with van der Waals surface area (Å²) in [5, 5.41) is 9.28. The standard InChI is InChI=1S/C16H14ClNO2/c1-11-5-3-4-6-13(11)10-20-16-14(17)7-12(9-18)8-15(16)19-2/h3-8H,10H2,1-2H3. The second-order valence-corrected chi connectivity index (χ2v) is 4.72. The van der Waals surface area contributed by atoms with Crippen molar-refractivity contribution in [1.82, 2.24) is 0 Å². The number of hydrogen-bond donors (Lipinski definition) is 0. The number of nitriles is 1. The zero-order chi connectivity index (χ0) is 14.5. The Kier molecular flexibility index (Phi) is 4.49. The molecule has 0 unspecified atom stereocenters. The maximum absolute atomic E-state index is 8.91. The lowest BCUT2D eigenvalue weighted by molar-refractivity contribution is 0.284. The van der Waals surface area contributed by atoms with E-state index < -0.39 is 0 Å². The predicted octanol–water partition coefficient (Wildman–Crippen LogP) is 4.11. The summed E-state index contributed by atoms with van der Waals surface area (Å²) in [4.78, 5) is 0. The number of rotatable bonds is 4. The fraction of sp³-hybridized carbons (Fsp3) is 0.188. The van der Waals surface area contributed by atoms with Crippen molar-refractivity contribution in [1.29, 1.82) is 5.26 Å². The molecule has 0 aromatic heterocycles. The highest BCUT2D eigenvalue weighted by Crippen LogP contribution is 2.36. The highest BCUT2D eigenvalue weighted by molar-refractivity contribution is 6.32. The molecule has 0 heterocycles. The molecule has 2 rings (SSSR count). The summed E-state index contributed by atoms with van der Waals surface area (Å²) in [7, 11) is 1.52. The third-order valence-corrected chi connectivity index (χ3v) is 3.27. The molecule has 0 atom stereocenters. The smallest absolute Gasteiger partial charge is 0.180 e. The van der Waals surface area contributed by atoms with Gasteiger partial charge in [0, 0.05) is 6.07 Å². The molecule has 0 radical (unpaired) electrons. The topological polar surface area (TPSA) is 42.2 Å². The quantitative estimate of drug-likeness (QED) is 0.850. The molecule has 20 heavy (non-hydrogen) atoms. The first-order chi connectivity index (χ1) is 9.65. The highest BCUT2D eigenvalue weighted by Gasteiger charge is 2.12. The maximum atomic E-state index is 8.91. The van der Waals surface area contributed by atoms with Crippen LogP contribution in [0, 0.1) is 18.3 Å². The third-order valence-electron chi connectivity index (χ3n) is 2.99. The molecule has 0 aliphatic heterocycles. The van der Waals surface area contributed by atoms with Crippen LogP contribution in [0.3, 0.4) is 0 Å². The van der Waals surface area contributed by atoms with E-state index in [1.807, 2.05) is 37.3 Å². The van der Waals surface area contributed by atoms with Crippen LogP contribution in [0.25, 0.3) is 0 Å². The summed E-state index contributed by atoms with van der Waals surface area (Å²) in [6.45, 7) is 2.42. The molecule has 2 aromatic rings. The second kappa shape index (κ2) is 6.31. The number of benzene rings is 2. The van der Waals surface area contributed by atoms with Gasteiger partial charge in [0.1, 0.15) is 6.61 Å². The van der Waals surface area contributed by atoms with Crippen LogP contribution in [0.2, 0.25) is 5.02 Å². The van der Waals surface area contributed by atoms with Crippen LogP contribution >= 0.6 is 11.6 Å². The number of halogens is 1. The van der Waals surface area contributed by atoms with Gasteiger partial charge < -0.3 is 9.47 Å². The molecule has 0 spiro atoms. The Balaban J connectivity index is 2.26. The van der Waals surface area contributed by atoms with Crippen molar-refractivity contribution in [2.45, 2.75) is 13.5 Å². The molecule has 2 aromatic carbocycles. The SMILES string of the molecule is COc1cc(C#N)cc(Cl)c1OCc1ccccc1C. The van der Waals surface area contributed by atoms with Crippen molar-refractivity contribution in [3.8, 4) is 17.6 Å². The summed E-state index contributed by atoms with van der Waals surface area (Å²) in [6, 6.07) is 13.2.